The first kappa shape index (κ1) is 11.2. The van der Waals surface area contributed by atoms with Gasteiger partial charge in [0.05, 0.1) is 19.2 Å². The quantitative estimate of drug-likeness (QED) is 0.716. The summed E-state index contributed by atoms with van der Waals surface area (Å²) in [6.07, 6.45) is 4.51. The first-order valence-electron chi connectivity index (χ1n) is 5.76. The van der Waals surface area contributed by atoms with E-state index in [1.165, 1.54) is 18.4 Å². The molecule has 4 heteroatoms. The molecule has 2 rings (SSSR count). The van der Waals surface area contributed by atoms with Gasteiger partial charge in [-0.25, -0.2) is 0 Å². The molecule has 0 bridgehead atoms. The Bertz CT molecular complexity index is 396. The summed E-state index contributed by atoms with van der Waals surface area (Å²) in [5, 5.41) is 4.38. The number of aromatic nitrogens is 2. The van der Waals surface area contributed by atoms with Crippen LogP contribution in [0.25, 0.3) is 0 Å². The Hall–Kier alpha value is -1.32. The number of fused-ring (bicyclic) bond motifs is 1. The van der Waals surface area contributed by atoms with Gasteiger partial charge in [0.15, 0.2) is 0 Å². The van der Waals surface area contributed by atoms with Gasteiger partial charge in [0.25, 0.3) is 0 Å². The summed E-state index contributed by atoms with van der Waals surface area (Å²) >= 11 is 0. The highest BCUT2D eigenvalue weighted by Gasteiger charge is 2.28. The van der Waals surface area contributed by atoms with Gasteiger partial charge in [-0.1, -0.05) is 0 Å². The molecular weight excluding hydrogens is 204 g/mol. The summed E-state index contributed by atoms with van der Waals surface area (Å²) in [4.78, 5) is 11.5. The third kappa shape index (κ3) is 1.84. The SMILES string of the molecule is COC(=O)[C@H]1CCc2cnn(C(C)C)c2C1. The van der Waals surface area contributed by atoms with Crippen LogP contribution >= 0.6 is 0 Å². The number of nitrogens with zero attached hydrogens (tertiary/aromatic N) is 2. The van der Waals surface area contributed by atoms with Crippen LogP contribution in [0, 0.1) is 5.92 Å². The van der Waals surface area contributed by atoms with E-state index in [-0.39, 0.29) is 11.9 Å². The van der Waals surface area contributed by atoms with Gasteiger partial charge in [0.1, 0.15) is 0 Å². The van der Waals surface area contributed by atoms with E-state index >= 15 is 0 Å². The maximum atomic E-state index is 11.5. The lowest BCUT2D eigenvalue weighted by molar-refractivity contribution is -0.145. The minimum absolute atomic E-state index is 0.00620. The van der Waals surface area contributed by atoms with Crippen LogP contribution in [0.15, 0.2) is 6.20 Å². The van der Waals surface area contributed by atoms with Crippen molar-refractivity contribution in [3.8, 4) is 0 Å². The summed E-state index contributed by atoms with van der Waals surface area (Å²) in [6.45, 7) is 4.21. The summed E-state index contributed by atoms with van der Waals surface area (Å²) < 4.78 is 6.83. The summed E-state index contributed by atoms with van der Waals surface area (Å²) in [5.74, 6) is -0.0890. The highest BCUT2D eigenvalue weighted by Crippen LogP contribution is 2.27. The lowest BCUT2D eigenvalue weighted by Gasteiger charge is -2.22. The molecule has 0 unspecified atom stereocenters. The normalized spacial score (nSPS) is 19.6. The predicted molar refractivity (Wildman–Crippen MR) is 60.1 cm³/mol. The number of hydrogen-bond donors (Lipinski definition) is 0. The number of rotatable bonds is 2. The Morgan fingerprint density at radius 2 is 2.38 bits per heavy atom. The van der Waals surface area contributed by atoms with E-state index in [2.05, 4.69) is 18.9 Å². The topological polar surface area (TPSA) is 44.1 Å². The molecule has 1 aliphatic carbocycles. The van der Waals surface area contributed by atoms with Gasteiger partial charge in [0, 0.05) is 18.2 Å². The lowest BCUT2D eigenvalue weighted by atomic mass is 9.88. The van der Waals surface area contributed by atoms with Crippen molar-refractivity contribution in [2.45, 2.75) is 39.2 Å². The molecule has 16 heavy (non-hydrogen) atoms. The van der Waals surface area contributed by atoms with Gasteiger partial charge in [-0.3, -0.25) is 9.48 Å². The smallest absolute Gasteiger partial charge is 0.309 e. The van der Waals surface area contributed by atoms with Gasteiger partial charge in [0.2, 0.25) is 0 Å². The van der Waals surface area contributed by atoms with Crippen molar-refractivity contribution < 1.29 is 9.53 Å². The first-order valence-corrected chi connectivity index (χ1v) is 5.76. The number of methoxy groups -OCH3 is 1. The Balaban J connectivity index is 2.24. The third-order valence-corrected chi connectivity index (χ3v) is 3.21. The zero-order chi connectivity index (χ0) is 11.7. The van der Waals surface area contributed by atoms with Crippen LogP contribution in [0.1, 0.15) is 37.6 Å². The molecule has 1 aliphatic rings. The predicted octanol–water partition coefficient (Wildman–Crippen LogP) is 1.74. The van der Waals surface area contributed by atoms with Crippen LogP contribution in [-0.2, 0) is 22.4 Å². The van der Waals surface area contributed by atoms with Crippen molar-refractivity contribution in [1.82, 2.24) is 9.78 Å². The Morgan fingerprint density at radius 3 is 3.00 bits per heavy atom. The molecule has 0 radical (unpaired) electrons. The fourth-order valence-corrected chi connectivity index (χ4v) is 2.33. The molecule has 1 heterocycles. The minimum Gasteiger partial charge on any atom is -0.469 e. The van der Waals surface area contributed by atoms with Gasteiger partial charge in [-0.2, -0.15) is 5.10 Å². The zero-order valence-electron chi connectivity index (χ0n) is 10.1. The summed E-state index contributed by atoms with van der Waals surface area (Å²) in [5.41, 5.74) is 2.49. The van der Waals surface area contributed by atoms with E-state index in [0.29, 0.717) is 6.04 Å². The molecule has 0 amide bonds. The van der Waals surface area contributed by atoms with E-state index in [1.807, 2.05) is 10.9 Å². The van der Waals surface area contributed by atoms with Gasteiger partial charge in [-0.05, 0) is 32.3 Å². The molecule has 0 N–H and O–H groups in total. The van der Waals surface area contributed by atoms with Gasteiger partial charge in [-0.15, -0.1) is 0 Å². The van der Waals surface area contributed by atoms with Crippen LogP contribution in [0.2, 0.25) is 0 Å². The molecule has 1 aromatic heterocycles. The second kappa shape index (κ2) is 4.28. The van der Waals surface area contributed by atoms with E-state index < -0.39 is 0 Å². The molecule has 1 atom stereocenters. The van der Waals surface area contributed by atoms with Crippen molar-refractivity contribution in [3.63, 3.8) is 0 Å². The van der Waals surface area contributed by atoms with Crippen molar-refractivity contribution >= 4 is 5.97 Å². The first-order chi connectivity index (χ1) is 7.63. The number of ether oxygens (including phenoxy) is 1. The van der Waals surface area contributed by atoms with Gasteiger partial charge < -0.3 is 4.74 Å². The highest BCUT2D eigenvalue weighted by molar-refractivity contribution is 5.73. The summed E-state index contributed by atoms with van der Waals surface area (Å²) in [6, 6.07) is 0.347. The van der Waals surface area contributed by atoms with E-state index in [0.717, 1.165) is 19.3 Å². The molecule has 4 nitrogen and oxygen atoms in total. The highest BCUT2D eigenvalue weighted by atomic mass is 16.5. The van der Waals surface area contributed by atoms with Crippen molar-refractivity contribution in [1.29, 1.82) is 0 Å². The molecule has 0 aliphatic heterocycles. The second-order valence-electron chi connectivity index (χ2n) is 4.62. The molecule has 0 saturated heterocycles. The number of aryl methyl sites for hydroxylation is 1. The lowest BCUT2D eigenvalue weighted by Crippen LogP contribution is -2.25. The van der Waals surface area contributed by atoms with Crippen molar-refractivity contribution in [3.05, 3.63) is 17.5 Å². The van der Waals surface area contributed by atoms with Crippen molar-refractivity contribution in [2.75, 3.05) is 7.11 Å². The number of carbonyl (C=O) groups excluding carboxylic acids is 1. The van der Waals surface area contributed by atoms with Crippen molar-refractivity contribution in [2.24, 2.45) is 5.92 Å². The Morgan fingerprint density at radius 1 is 1.62 bits per heavy atom. The number of esters is 1. The Labute approximate surface area is 95.6 Å². The van der Waals surface area contributed by atoms with Crippen LogP contribution in [0.4, 0.5) is 0 Å². The largest absolute Gasteiger partial charge is 0.469 e. The zero-order valence-corrected chi connectivity index (χ0v) is 10.1. The third-order valence-electron chi connectivity index (χ3n) is 3.21. The van der Waals surface area contributed by atoms with Gasteiger partial charge >= 0.3 is 5.97 Å². The summed E-state index contributed by atoms with van der Waals surface area (Å²) in [7, 11) is 1.46. The molecule has 0 aromatic carbocycles. The van der Waals surface area contributed by atoms with Crippen LogP contribution in [0.3, 0.4) is 0 Å². The minimum atomic E-state index is -0.0952. The van der Waals surface area contributed by atoms with Crippen LogP contribution in [-0.4, -0.2) is 22.9 Å². The second-order valence-corrected chi connectivity index (χ2v) is 4.62. The van der Waals surface area contributed by atoms with E-state index in [4.69, 9.17) is 4.74 Å². The van der Waals surface area contributed by atoms with Crippen LogP contribution in [0.5, 0.6) is 0 Å². The molecule has 0 spiro atoms. The molecule has 88 valence electrons. The fourth-order valence-electron chi connectivity index (χ4n) is 2.33. The van der Waals surface area contributed by atoms with Crippen LogP contribution < -0.4 is 0 Å². The number of hydrogen-bond acceptors (Lipinski definition) is 3. The standard InChI is InChI=1S/C12H18N2O2/c1-8(2)14-11-6-9(12(15)16-3)4-5-10(11)7-13-14/h7-9H,4-6H2,1-3H3/t9-/m0/s1. The molecule has 1 aromatic rings. The van der Waals surface area contributed by atoms with E-state index in [9.17, 15) is 4.79 Å². The Kier molecular flexibility index (Phi) is 2.99. The molecule has 0 fully saturated rings. The monoisotopic (exact) mass is 222 g/mol. The maximum absolute atomic E-state index is 11.5. The average Bonchev–Trinajstić information content (AvgIpc) is 2.70. The molecule has 0 saturated carbocycles. The maximum Gasteiger partial charge on any atom is 0.309 e. The number of carbonyl (C=O) groups is 1. The van der Waals surface area contributed by atoms with E-state index in [1.54, 1.807) is 0 Å². The fraction of sp³-hybridized carbons (Fsp3) is 0.667. The average molecular weight is 222 g/mol. The molecular formula is C12H18N2O2.